The Hall–Kier alpha value is -3.64. The third kappa shape index (κ3) is 3.63. The van der Waals surface area contributed by atoms with Crippen molar-refractivity contribution < 1.29 is 49.3 Å². The molecule has 1 aliphatic rings. The quantitative estimate of drug-likeness (QED) is 0.299. The van der Waals surface area contributed by atoms with E-state index in [0.717, 1.165) is 12.1 Å². The molecular weight excluding hydrogens is 428 g/mol. The first kappa shape index (κ1) is 21.6. The maximum Gasteiger partial charge on any atom is 0.335 e. The van der Waals surface area contributed by atoms with Gasteiger partial charge in [-0.1, -0.05) is 30.3 Å². The summed E-state index contributed by atoms with van der Waals surface area (Å²) in [5.41, 5.74) is -0.265. The number of ether oxygens (including phenoxy) is 2. The Labute approximate surface area is 178 Å². The predicted molar refractivity (Wildman–Crippen MR) is 106 cm³/mol. The first-order valence-corrected chi connectivity index (χ1v) is 9.36. The molecule has 32 heavy (non-hydrogen) atoms. The Morgan fingerprint density at radius 2 is 1.62 bits per heavy atom. The molecule has 5 atom stereocenters. The first-order chi connectivity index (χ1) is 15.2. The number of aromatic hydroxyl groups is 2. The number of aliphatic hydroxyl groups is 3. The largest absolute Gasteiger partial charge is 0.504 e. The van der Waals surface area contributed by atoms with Gasteiger partial charge in [0.25, 0.3) is 0 Å². The summed E-state index contributed by atoms with van der Waals surface area (Å²) in [6, 6.07) is 10.8. The molecule has 11 heteroatoms. The molecule has 6 N–H and O–H groups in total. The normalized spacial score (nSPS) is 25.5. The van der Waals surface area contributed by atoms with E-state index in [9.17, 15) is 35.1 Å². The number of carbonyl (C=O) groups is 1. The molecule has 0 radical (unpaired) electrons. The monoisotopic (exact) mass is 446 g/mol. The first-order valence-electron chi connectivity index (χ1n) is 9.36. The summed E-state index contributed by atoms with van der Waals surface area (Å²) in [6.45, 7) is 0. The number of phenolic OH excluding ortho intramolecular Hbond substituents is 2. The second-order valence-electron chi connectivity index (χ2n) is 7.14. The molecule has 1 saturated heterocycles. The number of phenols is 2. The van der Waals surface area contributed by atoms with Gasteiger partial charge in [0.05, 0.1) is 0 Å². The van der Waals surface area contributed by atoms with Crippen LogP contribution < -0.4 is 10.2 Å². The molecule has 2 heterocycles. The number of rotatable bonds is 4. The van der Waals surface area contributed by atoms with Gasteiger partial charge in [-0.3, -0.25) is 4.79 Å². The van der Waals surface area contributed by atoms with Gasteiger partial charge in [0.2, 0.25) is 12.0 Å². The maximum absolute atomic E-state index is 12.5. The second kappa shape index (κ2) is 8.13. The lowest BCUT2D eigenvalue weighted by atomic mass is 9.99. The van der Waals surface area contributed by atoms with E-state index < -0.39 is 59.4 Å². The molecule has 1 fully saturated rings. The summed E-state index contributed by atoms with van der Waals surface area (Å²) >= 11 is 0. The molecule has 1 aliphatic heterocycles. The van der Waals surface area contributed by atoms with Crippen molar-refractivity contribution in [2.75, 3.05) is 0 Å². The van der Waals surface area contributed by atoms with Crippen molar-refractivity contribution in [2.45, 2.75) is 30.7 Å². The number of aliphatic carboxylic acids is 1. The van der Waals surface area contributed by atoms with E-state index in [1.54, 1.807) is 30.3 Å². The van der Waals surface area contributed by atoms with Crippen molar-refractivity contribution in [3.63, 3.8) is 0 Å². The molecule has 11 nitrogen and oxygen atoms in total. The van der Waals surface area contributed by atoms with Gasteiger partial charge in [0.15, 0.2) is 23.0 Å². The third-order valence-corrected chi connectivity index (χ3v) is 5.05. The number of carboxylic acid groups (broad SMARTS) is 1. The van der Waals surface area contributed by atoms with Crippen molar-refractivity contribution in [3.8, 4) is 28.6 Å². The molecule has 4 rings (SSSR count). The molecule has 0 spiro atoms. The Balaban J connectivity index is 1.77. The molecule has 0 aliphatic carbocycles. The number of hydrogen-bond acceptors (Lipinski definition) is 10. The number of benzene rings is 2. The predicted octanol–water partition coefficient (Wildman–Crippen LogP) is 0.142. The van der Waals surface area contributed by atoms with Gasteiger partial charge in [-0.05, 0) is 0 Å². The van der Waals surface area contributed by atoms with Crippen LogP contribution in [0.1, 0.15) is 0 Å². The average Bonchev–Trinajstić information content (AvgIpc) is 2.77. The van der Waals surface area contributed by atoms with Crippen LogP contribution in [0.25, 0.3) is 22.3 Å². The van der Waals surface area contributed by atoms with Gasteiger partial charge in [-0.15, -0.1) is 0 Å². The zero-order chi connectivity index (χ0) is 23.2. The van der Waals surface area contributed by atoms with Crippen LogP contribution in [0.5, 0.6) is 17.2 Å². The van der Waals surface area contributed by atoms with Crippen LogP contribution in [-0.2, 0) is 9.53 Å². The van der Waals surface area contributed by atoms with Crippen LogP contribution >= 0.6 is 0 Å². The second-order valence-corrected chi connectivity index (χ2v) is 7.14. The lowest BCUT2D eigenvalue weighted by Gasteiger charge is -2.38. The Bertz CT molecular complexity index is 1220. The molecule has 2 aromatic carbocycles. The van der Waals surface area contributed by atoms with Crippen molar-refractivity contribution in [3.05, 3.63) is 52.7 Å². The summed E-state index contributed by atoms with van der Waals surface area (Å²) < 4.78 is 16.0. The highest BCUT2D eigenvalue weighted by molar-refractivity contribution is 5.89. The fourth-order valence-corrected chi connectivity index (χ4v) is 3.38. The molecule has 0 amide bonds. The molecule has 0 bridgehead atoms. The highest BCUT2D eigenvalue weighted by Gasteiger charge is 2.48. The van der Waals surface area contributed by atoms with Gasteiger partial charge in [-0.2, -0.15) is 0 Å². The number of aliphatic hydroxyl groups excluding tert-OH is 3. The van der Waals surface area contributed by atoms with E-state index in [2.05, 4.69) is 0 Å². The van der Waals surface area contributed by atoms with Crippen LogP contribution in [-0.4, -0.2) is 67.3 Å². The van der Waals surface area contributed by atoms with Gasteiger partial charge in [0, 0.05) is 17.7 Å². The maximum atomic E-state index is 12.5. The fourth-order valence-electron chi connectivity index (χ4n) is 3.38. The van der Waals surface area contributed by atoms with Gasteiger partial charge in [0.1, 0.15) is 35.0 Å². The fraction of sp³-hybridized carbons (Fsp3) is 0.238. The van der Waals surface area contributed by atoms with Gasteiger partial charge in [-0.25, -0.2) is 4.79 Å². The lowest BCUT2D eigenvalue weighted by molar-refractivity contribution is -0.271. The van der Waals surface area contributed by atoms with E-state index in [4.69, 9.17) is 19.0 Å². The number of fused-ring (bicyclic) bond motifs is 1. The van der Waals surface area contributed by atoms with E-state index >= 15 is 0 Å². The van der Waals surface area contributed by atoms with Crippen LogP contribution in [0.2, 0.25) is 0 Å². The molecule has 1 aromatic heterocycles. The van der Waals surface area contributed by atoms with Gasteiger partial charge < -0.3 is 44.5 Å². The Kier molecular flexibility index (Phi) is 5.48. The minimum atomic E-state index is -1.94. The van der Waals surface area contributed by atoms with E-state index in [1.165, 1.54) is 0 Å². The van der Waals surface area contributed by atoms with Crippen LogP contribution in [0.15, 0.2) is 51.7 Å². The Morgan fingerprint density at radius 3 is 2.28 bits per heavy atom. The standard InChI is InChI=1S/C21H18O11/c22-9-6-10(8-4-2-1-3-5-8)30-11-7-12(14(23)15(24)13(9)11)31-21-18(27)16(25)17(26)19(32-21)20(28)29/h1-7,16-19,21,23-27H,(H,28,29)/t16-,17+,18+,19-,21-/m0/s1. The Morgan fingerprint density at radius 1 is 0.938 bits per heavy atom. The minimum absolute atomic E-state index is 0.164. The van der Waals surface area contributed by atoms with Crippen LogP contribution in [0.4, 0.5) is 0 Å². The molecule has 3 aromatic rings. The molecule has 168 valence electrons. The van der Waals surface area contributed by atoms with E-state index in [0.29, 0.717) is 5.56 Å². The lowest BCUT2D eigenvalue weighted by Crippen LogP contribution is -2.61. The zero-order valence-electron chi connectivity index (χ0n) is 16.2. The van der Waals surface area contributed by atoms with Crippen molar-refractivity contribution in [1.82, 2.24) is 0 Å². The molecule has 0 unspecified atom stereocenters. The zero-order valence-corrected chi connectivity index (χ0v) is 16.2. The SMILES string of the molecule is O=C(O)[C@H]1O[C@H](Oc2cc3oc(-c4ccccc4)cc(=O)c3c(O)c2O)[C@H](O)[C@@H](O)[C@H]1O. The molecule has 0 saturated carbocycles. The summed E-state index contributed by atoms with van der Waals surface area (Å²) in [5.74, 6) is -3.76. The van der Waals surface area contributed by atoms with E-state index in [-0.39, 0.29) is 16.7 Å². The number of carboxylic acids is 1. The van der Waals surface area contributed by atoms with Crippen molar-refractivity contribution >= 4 is 16.9 Å². The van der Waals surface area contributed by atoms with Crippen molar-refractivity contribution in [2.24, 2.45) is 0 Å². The third-order valence-electron chi connectivity index (χ3n) is 5.05. The molecular formula is C21H18O11. The minimum Gasteiger partial charge on any atom is -0.504 e. The van der Waals surface area contributed by atoms with Crippen LogP contribution in [0.3, 0.4) is 0 Å². The smallest absolute Gasteiger partial charge is 0.335 e. The summed E-state index contributed by atoms with van der Waals surface area (Å²) in [7, 11) is 0. The summed E-state index contributed by atoms with van der Waals surface area (Å²) in [6.07, 6.45) is -9.56. The van der Waals surface area contributed by atoms with Crippen LogP contribution in [0, 0.1) is 0 Å². The summed E-state index contributed by atoms with van der Waals surface area (Å²) in [5, 5.41) is 59.2. The van der Waals surface area contributed by atoms with Gasteiger partial charge >= 0.3 is 5.97 Å². The average molecular weight is 446 g/mol. The topological polar surface area (TPSA) is 187 Å². The number of hydrogen-bond donors (Lipinski definition) is 6. The highest BCUT2D eigenvalue weighted by atomic mass is 16.7. The van der Waals surface area contributed by atoms with Crippen molar-refractivity contribution in [1.29, 1.82) is 0 Å². The highest BCUT2D eigenvalue weighted by Crippen LogP contribution is 2.42. The summed E-state index contributed by atoms with van der Waals surface area (Å²) in [4.78, 5) is 23.8. The van der Waals surface area contributed by atoms with E-state index in [1.807, 2.05) is 0 Å².